The Morgan fingerprint density at radius 1 is 1.33 bits per heavy atom. The smallest absolute Gasteiger partial charge is 0.322 e. The molecule has 21 heavy (non-hydrogen) atoms. The van der Waals surface area contributed by atoms with E-state index in [0.29, 0.717) is 5.69 Å². The number of carbonyl (C=O) groups excluding carboxylic acids is 2. The number of likely N-dealkylation sites (tertiary alicyclic amines) is 1. The predicted molar refractivity (Wildman–Crippen MR) is 71.9 cm³/mol. The van der Waals surface area contributed by atoms with Gasteiger partial charge in [0.05, 0.1) is 12.7 Å². The normalized spacial score (nSPS) is 35.8. The lowest BCUT2D eigenvalue weighted by atomic mass is 9.77. The second-order valence-electron chi connectivity index (χ2n) is 6.34. The molecule has 2 bridgehead atoms. The molecule has 3 heterocycles. The van der Waals surface area contributed by atoms with Crippen molar-refractivity contribution >= 4 is 11.9 Å². The molecule has 0 aromatic carbocycles. The van der Waals surface area contributed by atoms with Gasteiger partial charge in [0, 0.05) is 24.9 Å². The minimum absolute atomic E-state index is 0.0869. The first-order valence-electron chi connectivity index (χ1n) is 7.28. The molecule has 1 saturated carbocycles. The van der Waals surface area contributed by atoms with Gasteiger partial charge in [-0.3, -0.25) is 9.69 Å². The highest BCUT2D eigenvalue weighted by atomic mass is 16.2. The maximum atomic E-state index is 13.0. The lowest BCUT2D eigenvalue weighted by molar-refractivity contribution is -0.136. The minimum atomic E-state index is -0.687. The average Bonchev–Trinajstić information content (AvgIpc) is 3.07. The van der Waals surface area contributed by atoms with E-state index in [-0.39, 0.29) is 30.3 Å². The highest BCUT2D eigenvalue weighted by Crippen LogP contribution is 2.48. The molecule has 4 rings (SSSR count). The lowest BCUT2D eigenvalue weighted by Gasteiger charge is -2.42. The highest BCUT2D eigenvalue weighted by molar-refractivity contribution is 6.07. The summed E-state index contributed by atoms with van der Waals surface area (Å²) >= 11 is 0. The zero-order valence-corrected chi connectivity index (χ0v) is 11.9. The van der Waals surface area contributed by atoms with Crippen molar-refractivity contribution in [2.45, 2.75) is 24.9 Å². The van der Waals surface area contributed by atoms with E-state index >= 15 is 0 Å². The Bertz CT molecular complexity index is 571. The third-order valence-electron chi connectivity index (χ3n) is 5.16. The summed E-state index contributed by atoms with van der Waals surface area (Å²) < 4.78 is 0. The van der Waals surface area contributed by atoms with Crippen molar-refractivity contribution in [1.82, 2.24) is 30.5 Å². The van der Waals surface area contributed by atoms with Crippen LogP contribution < -0.4 is 5.32 Å². The van der Waals surface area contributed by atoms with Crippen molar-refractivity contribution in [2.24, 2.45) is 11.8 Å². The van der Waals surface area contributed by atoms with Gasteiger partial charge >= 0.3 is 6.03 Å². The van der Waals surface area contributed by atoms with Crippen LogP contribution in [0, 0.1) is 11.8 Å². The number of carbonyl (C=O) groups is 2. The molecule has 2 atom stereocenters. The molecule has 2 aliphatic heterocycles. The molecule has 3 amide bonds. The standard InChI is InChI=1S/C13H18N6O2/c1-18-5-8-2-3-9(6-18)13(8)11(20)19(12(21)15-13)7-10-4-14-17-16-10/h4,8-9H,2-3,5-7H2,1H3,(H,15,21)(H,14,16,17). The van der Waals surface area contributed by atoms with Crippen molar-refractivity contribution < 1.29 is 9.59 Å². The lowest BCUT2D eigenvalue weighted by Crippen LogP contribution is -2.62. The SMILES string of the molecule is CN1CC2CCC(C1)C21NC(=O)N(Cc2cn[nH]n2)C1=O. The summed E-state index contributed by atoms with van der Waals surface area (Å²) in [5.41, 5.74) is -0.0938. The average molecular weight is 290 g/mol. The van der Waals surface area contributed by atoms with Crippen molar-refractivity contribution in [3.8, 4) is 0 Å². The van der Waals surface area contributed by atoms with Gasteiger partial charge in [-0.25, -0.2) is 4.79 Å². The fourth-order valence-corrected chi connectivity index (χ4v) is 4.26. The monoisotopic (exact) mass is 290 g/mol. The largest absolute Gasteiger partial charge is 0.325 e. The first-order valence-corrected chi connectivity index (χ1v) is 7.28. The van der Waals surface area contributed by atoms with Gasteiger partial charge in [0.2, 0.25) is 0 Å². The second kappa shape index (κ2) is 4.27. The van der Waals surface area contributed by atoms with Gasteiger partial charge < -0.3 is 10.2 Å². The number of aromatic nitrogens is 3. The van der Waals surface area contributed by atoms with E-state index in [1.165, 1.54) is 11.1 Å². The Kier molecular flexibility index (Phi) is 2.59. The molecular weight excluding hydrogens is 272 g/mol. The van der Waals surface area contributed by atoms with E-state index in [1.54, 1.807) is 0 Å². The van der Waals surface area contributed by atoms with E-state index in [9.17, 15) is 9.59 Å². The fourth-order valence-electron chi connectivity index (χ4n) is 4.26. The van der Waals surface area contributed by atoms with E-state index in [2.05, 4.69) is 32.7 Å². The van der Waals surface area contributed by atoms with E-state index in [4.69, 9.17) is 0 Å². The topological polar surface area (TPSA) is 94.2 Å². The number of nitrogens with zero attached hydrogens (tertiary/aromatic N) is 4. The zero-order valence-electron chi connectivity index (χ0n) is 11.9. The third-order valence-corrected chi connectivity index (χ3v) is 5.16. The first-order chi connectivity index (χ1) is 10.1. The Morgan fingerprint density at radius 3 is 2.67 bits per heavy atom. The second-order valence-corrected chi connectivity index (χ2v) is 6.34. The minimum Gasteiger partial charge on any atom is -0.322 e. The maximum absolute atomic E-state index is 13.0. The summed E-state index contributed by atoms with van der Waals surface area (Å²) in [5.74, 6) is 0.330. The van der Waals surface area contributed by atoms with Gasteiger partial charge in [0.1, 0.15) is 11.2 Å². The molecule has 2 unspecified atom stereocenters. The van der Waals surface area contributed by atoms with Crippen LogP contribution >= 0.6 is 0 Å². The number of aromatic amines is 1. The molecule has 1 spiro atoms. The quantitative estimate of drug-likeness (QED) is 0.721. The number of amides is 3. The number of imide groups is 1. The summed E-state index contributed by atoms with van der Waals surface area (Å²) in [4.78, 5) is 28.8. The number of H-pyrrole nitrogens is 1. The Labute approximate surface area is 121 Å². The van der Waals surface area contributed by atoms with Crippen LogP contribution in [0.25, 0.3) is 0 Å². The zero-order chi connectivity index (χ0) is 14.6. The van der Waals surface area contributed by atoms with Crippen LogP contribution in [0.1, 0.15) is 18.5 Å². The van der Waals surface area contributed by atoms with Gasteiger partial charge in [-0.2, -0.15) is 15.4 Å². The molecule has 112 valence electrons. The molecule has 1 aliphatic carbocycles. The molecule has 0 radical (unpaired) electrons. The summed E-state index contributed by atoms with van der Waals surface area (Å²) in [6, 6.07) is -0.301. The van der Waals surface area contributed by atoms with Crippen LogP contribution in [-0.4, -0.2) is 62.8 Å². The molecule has 3 fully saturated rings. The maximum Gasteiger partial charge on any atom is 0.325 e. The number of rotatable bonds is 2. The molecule has 3 aliphatic rings. The van der Waals surface area contributed by atoms with Crippen LogP contribution in [-0.2, 0) is 11.3 Å². The number of piperidine rings is 1. The van der Waals surface area contributed by atoms with Crippen molar-refractivity contribution in [3.05, 3.63) is 11.9 Å². The molecule has 8 heteroatoms. The van der Waals surface area contributed by atoms with E-state index in [0.717, 1.165) is 25.9 Å². The molecule has 2 N–H and O–H groups in total. The van der Waals surface area contributed by atoms with Crippen LogP contribution in [0.5, 0.6) is 0 Å². The molecule has 1 aromatic heterocycles. The van der Waals surface area contributed by atoms with Gasteiger partial charge in [-0.1, -0.05) is 0 Å². The molecular formula is C13H18N6O2. The van der Waals surface area contributed by atoms with E-state index in [1.807, 2.05) is 0 Å². The van der Waals surface area contributed by atoms with Crippen LogP contribution in [0.2, 0.25) is 0 Å². The van der Waals surface area contributed by atoms with Crippen LogP contribution in [0.4, 0.5) is 4.79 Å². The van der Waals surface area contributed by atoms with Gasteiger partial charge in [-0.15, -0.1) is 0 Å². The van der Waals surface area contributed by atoms with Crippen molar-refractivity contribution in [2.75, 3.05) is 20.1 Å². The fraction of sp³-hybridized carbons (Fsp3) is 0.692. The van der Waals surface area contributed by atoms with Crippen molar-refractivity contribution in [3.63, 3.8) is 0 Å². The van der Waals surface area contributed by atoms with Crippen LogP contribution in [0.3, 0.4) is 0 Å². The van der Waals surface area contributed by atoms with Gasteiger partial charge in [0.25, 0.3) is 5.91 Å². The summed E-state index contributed by atoms with van der Waals surface area (Å²) in [6.45, 7) is 1.90. The first kappa shape index (κ1) is 12.8. The van der Waals surface area contributed by atoms with Gasteiger partial charge in [0.15, 0.2) is 0 Å². The molecule has 1 aromatic rings. The van der Waals surface area contributed by atoms with Crippen molar-refractivity contribution in [1.29, 1.82) is 0 Å². The molecule has 2 saturated heterocycles. The Balaban J connectivity index is 1.64. The third kappa shape index (κ3) is 1.65. The highest BCUT2D eigenvalue weighted by Gasteiger charge is 2.64. The number of nitrogens with one attached hydrogen (secondary N) is 2. The number of urea groups is 1. The number of hydrogen-bond acceptors (Lipinski definition) is 5. The summed E-state index contributed by atoms with van der Waals surface area (Å²) in [6.07, 6.45) is 3.53. The van der Waals surface area contributed by atoms with E-state index < -0.39 is 5.54 Å². The predicted octanol–water partition coefficient (Wildman–Crippen LogP) is -0.433. The Morgan fingerprint density at radius 2 is 2.05 bits per heavy atom. The molecule has 8 nitrogen and oxygen atoms in total. The Hall–Kier alpha value is -1.96. The number of hydrogen-bond donors (Lipinski definition) is 2. The van der Waals surface area contributed by atoms with Gasteiger partial charge in [-0.05, 0) is 19.9 Å². The van der Waals surface area contributed by atoms with Crippen LogP contribution in [0.15, 0.2) is 6.20 Å². The summed E-state index contributed by atoms with van der Waals surface area (Å²) in [7, 11) is 2.08. The summed E-state index contributed by atoms with van der Waals surface area (Å²) in [5, 5.41) is 13.2.